The van der Waals surface area contributed by atoms with Gasteiger partial charge in [0.05, 0.1) is 11.8 Å². The number of benzene rings is 2. The molecule has 0 aliphatic carbocycles. The molecule has 0 amide bonds. The van der Waals surface area contributed by atoms with Gasteiger partial charge in [0.1, 0.15) is 12.5 Å². The zero-order valence-electron chi connectivity index (χ0n) is 12.8. The zero-order chi connectivity index (χ0) is 15.8. The Morgan fingerprint density at radius 3 is 2.35 bits per heavy atom. The van der Waals surface area contributed by atoms with Gasteiger partial charge in [-0.1, -0.05) is 35.9 Å². The van der Waals surface area contributed by atoms with Gasteiger partial charge < -0.3 is 15.5 Å². The molecule has 0 bridgehead atoms. The lowest BCUT2D eigenvalue weighted by molar-refractivity contribution is 0.862. The van der Waals surface area contributed by atoms with E-state index in [1.165, 1.54) is 5.56 Å². The molecule has 2 aliphatic rings. The third-order valence-corrected chi connectivity index (χ3v) is 4.10. The van der Waals surface area contributed by atoms with Crippen molar-refractivity contribution in [2.24, 2.45) is 15.9 Å². The molecule has 114 valence electrons. The number of amidine groups is 1. The molecule has 0 saturated carbocycles. The van der Waals surface area contributed by atoms with E-state index in [1.54, 1.807) is 6.21 Å². The Bertz CT molecular complexity index is 818. The Labute approximate surface area is 135 Å². The van der Waals surface area contributed by atoms with Crippen molar-refractivity contribution in [1.29, 1.82) is 0 Å². The molecule has 2 aromatic rings. The molecule has 2 heterocycles. The van der Waals surface area contributed by atoms with E-state index in [0.29, 0.717) is 12.5 Å². The first kappa shape index (κ1) is 13.6. The first-order valence-corrected chi connectivity index (χ1v) is 7.52. The van der Waals surface area contributed by atoms with Gasteiger partial charge in [-0.05, 0) is 31.2 Å². The minimum Gasteiger partial charge on any atom is -0.384 e. The van der Waals surface area contributed by atoms with Gasteiger partial charge in [-0.25, -0.2) is 0 Å². The van der Waals surface area contributed by atoms with Crippen LogP contribution in [0.3, 0.4) is 0 Å². The summed E-state index contributed by atoms with van der Waals surface area (Å²) in [7, 11) is 0. The molecule has 0 aromatic heterocycles. The average molecular weight is 303 g/mol. The number of fused-ring (bicyclic) bond motifs is 1. The van der Waals surface area contributed by atoms with Gasteiger partial charge in [0.2, 0.25) is 0 Å². The molecule has 4 rings (SSSR count). The molecule has 0 atom stereocenters. The van der Waals surface area contributed by atoms with E-state index >= 15 is 0 Å². The highest BCUT2D eigenvalue weighted by molar-refractivity contribution is 6.25. The van der Waals surface area contributed by atoms with Gasteiger partial charge in [-0.2, -0.15) is 5.10 Å². The molecule has 0 spiro atoms. The summed E-state index contributed by atoms with van der Waals surface area (Å²) >= 11 is 0. The highest BCUT2D eigenvalue weighted by Gasteiger charge is 2.31. The van der Waals surface area contributed by atoms with Crippen LogP contribution in [0.4, 0.5) is 11.4 Å². The second-order valence-electron chi connectivity index (χ2n) is 5.64. The zero-order valence-corrected chi connectivity index (χ0v) is 12.8. The van der Waals surface area contributed by atoms with Gasteiger partial charge in [0.25, 0.3) is 0 Å². The van der Waals surface area contributed by atoms with Gasteiger partial charge in [0.15, 0.2) is 5.84 Å². The normalized spacial score (nSPS) is 16.7. The van der Waals surface area contributed by atoms with E-state index in [1.807, 2.05) is 18.2 Å². The summed E-state index contributed by atoms with van der Waals surface area (Å²) in [5.74, 6) is 1.48. The van der Waals surface area contributed by atoms with Crippen LogP contribution in [0.5, 0.6) is 0 Å². The van der Waals surface area contributed by atoms with Crippen LogP contribution in [-0.2, 0) is 0 Å². The van der Waals surface area contributed by atoms with Crippen molar-refractivity contribution >= 4 is 23.4 Å². The predicted octanol–water partition coefficient (Wildman–Crippen LogP) is 2.85. The Hall–Kier alpha value is -3.08. The molecule has 0 fully saturated rings. The molecule has 2 N–H and O–H groups in total. The first-order valence-electron chi connectivity index (χ1n) is 7.52. The van der Waals surface area contributed by atoms with Crippen molar-refractivity contribution in [3.05, 3.63) is 71.6 Å². The second kappa shape index (κ2) is 5.28. The molecular weight excluding hydrogens is 286 g/mol. The lowest BCUT2D eigenvalue weighted by Crippen LogP contribution is -2.49. The van der Waals surface area contributed by atoms with Crippen LogP contribution in [0.2, 0.25) is 0 Å². The van der Waals surface area contributed by atoms with E-state index < -0.39 is 0 Å². The summed E-state index contributed by atoms with van der Waals surface area (Å²) in [5.41, 5.74) is 10.6. The Morgan fingerprint density at radius 1 is 0.913 bits per heavy atom. The molecule has 2 aliphatic heterocycles. The Balaban J connectivity index is 1.79. The van der Waals surface area contributed by atoms with E-state index in [2.05, 4.69) is 63.3 Å². The highest BCUT2D eigenvalue weighted by atomic mass is 15.4. The lowest BCUT2D eigenvalue weighted by Gasteiger charge is -2.38. The number of anilines is 2. The van der Waals surface area contributed by atoms with Crippen LogP contribution in [0.25, 0.3) is 0 Å². The van der Waals surface area contributed by atoms with Crippen molar-refractivity contribution in [3.8, 4) is 0 Å². The molecule has 23 heavy (non-hydrogen) atoms. The molecular formula is C18H17N5. The second-order valence-corrected chi connectivity index (χ2v) is 5.64. The number of hydrogen-bond donors (Lipinski definition) is 1. The van der Waals surface area contributed by atoms with Gasteiger partial charge in [0, 0.05) is 11.4 Å². The number of nitrogens with zero attached hydrogens (tertiary/aromatic N) is 4. The minimum atomic E-state index is 0.602. The number of rotatable bonds is 2. The predicted molar refractivity (Wildman–Crippen MR) is 94.6 cm³/mol. The molecule has 5 nitrogen and oxygen atoms in total. The van der Waals surface area contributed by atoms with Crippen molar-refractivity contribution in [3.63, 3.8) is 0 Å². The number of hydrogen-bond acceptors (Lipinski definition) is 5. The number of para-hydroxylation sites is 1. The first-order chi connectivity index (χ1) is 11.2. The molecule has 5 heteroatoms. The van der Waals surface area contributed by atoms with Crippen LogP contribution in [0.1, 0.15) is 5.56 Å². The van der Waals surface area contributed by atoms with Crippen molar-refractivity contribution in [2.75, 3.05) is 16.5 Å². The number of nitrogens with two attached hydrogens (primary N) is 1. The fourth-order valence-corrected chi connectivity index (χ4v) is 2.82. The summed E-state index contributed by atoms with van der Waals surface area (Å²) in [6.07, 6.45) is 1.72. The summed E-state index contributed by atoms with van der Waals surface area (Å²) in [6.45, 7) is 2.68. The third kappa shape index (κ3) is 2.26. The maximum absolute atomic E-state index is 6.38. The Kier molecular flexibility index (Phi) is 3.12. The van der Waals surface area contributed by atoms with E-state index in [4.69, 9.17) is 5.73 Å². The molecule has 2 aromatic carbocycles. The SMILES string of the molecule is Cc1ccc(N2CN(c3ccccc3)C3=NN=CC3=C2N)cc1. The van der Waals surface area contributed by atoms with E-state index in [-0.39, 0.29) is 0 Å². The smallest absolute Gasteiger partial charge is 0.169 e. The fraction of sp³-hybridized carbons (Fsp3) is 0.111. The van der Waals surface area contributed by atoms with Crippen molar-refractivity contribution in [1.82, 2.24) is 0 Å². The maximum Gasteiger partial charge on any atom is 0.169 e. The summed E-state index contributed by atoms with van der Waals surface area (Å²) in [5, 5.41) is 8.31. The van der Waals surface area contributed by atoms with Crippen LogP contribution < -0.4 is 15.5 Å². The fourth-order valence-electron chi connectivity index (χ4n) is 2.82. The van der Waals surface area contributed by atoms with E-state index in [0.717, 1.165) is 22.8 Å². The van der Waals surface area contributed by atoms with Crippen LogP contribution in [0.15, 0.2) is 76.2 Å². The van der Waals surface area contributed by atoms with Gasteiger partial charge >= 0.3 is 0 Å². The summed E-state index contributed by atoms with van der Waals surface area (Å²) in [6, 6.07) is 18.5. The van der Waals surface area contributed by atoms with E-state index in [9.17, 15) is 0 Å². The largest absolute Gasteiger partial charge is 0.384 e. The monoisotopic (exact) mass is 303 g/mol. The quantitative estimate of drug-likeness (QED) is 0.928. The van der Waals surface area contributed by atoms with Crippen LogP contribution in [0, 0.1) is 6.92 Å². The minimum absolute atomic E-state index is 0.602. The Morgan fingerprint density at radius 2 is 1.61 bits per heavy atom. The van der Waals surface area contributed by atoms with Crippen molar-refractivity contribution < 1.29 is 0 Å². The maximum atomic E-state index is 6.38. The van der Waals surface area contributed by atoms with Crippen molar-refractivity contribution in [2.45, 2.75) is 6.92 Å². The summed E-state index contributed by atoms with van der Waals surface area (Å²) < 4.78 is 0. The third-order valence-electron chi connectivity index (χ3n) is 4.10. The lowest BCUT2D eigenvalue weighted by atomic mass is 10.1. The number of aryl methyl sites for hydroxylation is 1. The van der Waals surface area contributed by atoms with Gasteiger partial charge in [-0.15, -0.1) is 5.10 Å². The molecule has 0 saturated heterocycles. The topological polar surface area (TPSA) is 57.2 Å². The average Bonchev–Trinajstić information content (AvgIpc) is 3.07. The summed E-state index contributed by atoms with van der Waals surface area (Å²) in [4.78, 5) is 4.21. The standard InChI is InChI=1S/C18H17N5/c1-13-7-9-15(10-8-13)22-12-23(14-5-3-2-4-6-14)18-16(17(22)19)11-20-21-18/h2-11H,12,19H2,1H3. The highest BCUT2D eigenvalue weighted by Crippen LogP contribution is 2.29. The molecule has 0 radical (unpaired) electrons. The molecule has 0 unspecified atom stereocenters. The van der Waals surface area contributed by atoms with Crippen LogP contribution in [-0.4, -0.2) is 18.7 Å². The van der Waals surface area contributed by atoms with Crippen LogP contribution >= 0.6 is 0 Å². The van der Waals surface area contributed by atoms with Gasteiger partial charge in [-0.3, -0.25) is 0 Å².